The van der Waals surface area contributed by atoms with E-state index in [9.17, 15) is 5.26 Å². The number of hydrogen-bond acceptors (Lipinski definition) is 3. The predicted octanol–water partition coefficient (Wildman–Crippen LogP) is 3.88. The molecule has 1 N–H and O–H groups in total. The molecule has 1 heterocycles. The smallest absolute Gasteiger partial charge is 0.148 e. The summed E-state index contributed by atoms with van der Waals surface area (Å²) < 4.78 is 0. The number of anilines is 2. The van der Waals surface area contributed by atoms with Crippen LogP contribution in [-0.2, 0) is 12.8 Å². The molecule has 0 amide bonds. The second-order valence-electron chi connectivity index (χ2n) is 5.19. The summed E-state index contributed by atoms with van der Waals surface area (Å²) in [6, 6.07) is 12.2. The van der Waals surface area contributed by atoms with E-state index in [-0.39, 0.29) is 0 Å². The summed E-state index contributed by atoms with van der Waals surface area (Å²) in [6.07, 6.45) is 4.40. The third-order valence-corrected chi connectivity index (χ3v) is 3.87. The molecule has 1 aromatic carbocycles. The maximum atomic E-state index is 9.51. The molecule has 0 radical (unpaired) electrons. The molecule has 0 unspecified atom stereocenters. The van der Waals surface area contributed by atoms with Crippen molar-refractivity contribution in [2.24, 2.45) is 0 Å². The van der Waals surface area contributed by atoms with Gasteiger partial charge in [0.25, 0.3) is 0 Å². The van der Waals surface area contributed by atoms with Gasteiger partial charge in [-0.1, -0.05) is 18.2 Å². The van der Waals surface area contributed by atoms with Crippen LogP contribution in [0.5, 0.6) is 0 Å². The topological polar surface area (TPSA) is 48.7 Å². The van der Waals surface area contributed by atoms with Crippen molar-refractivity contribution in [1.29, 1.82) is 5.26 Å². The molecule has 0 atom stereocenters. The van der Waals surface area contributed by atoms with Crippen LogP contribution in [0.25, 0.3) is 0 Å². The lowest BCUT2D eigenvalue weighted by molar-refractivity contribution is 0.676. The highest BCUT2D eigenvalue weighted by molar-refractivity contribution is 5.66. The second kappa shape index (κ2) is 5.34. The Bertz CT molecular complexity index is 669. The lowest BCUT2D eigenvalue weighted by atomic mass is 9.88. The molecule has 0 saturated carbocycles. The normalized spacial score (nSPS) is 13.4. The van der Waals surface area contributed by atoms with Gasteiger partial charge in [0.15, 0.2) is 0 Å². The molecule has 1 aromatic heterocycles. The van der Waals surface area contributed by atoms with Crippen molar-refractivity contribution >= 4 is 11.5 Å². The summed E-state index contributed by atoms with van der Waals surface area (Å²) in [4.78, 5) is 4.62. The van der Waals surface area contributed by atoms with Crippen molar-refractivity contribution in [2.75, 3.05) is 5.32 Å². The van der Waals surface area contributed by atoms with Gasteiger partial charge < -0.3 is 5.32 Å². The zero-order chi connectivity index (χ0) is 13.9. The molecule has 0 bridgehead atoms. The molecular weight excluding hydrogens is 246 g/mol. The van der Waals surface area contributed by atoms with Crippen molar-refractivity contribution < 1.29 is 0 Å². The van der Waals surface area contributed by atoms with Crippen LogP contribution in [0, 0.1) is 18.3 Å². The van der Waals surface area contributed by atoms with Gasteiger partial charge in [-0.2, -0.15) is 5.26 Å². The number of nitrogens with one attached hydrogen (secondary N) is 1. The molecule has 2 aromatic rings. The fraction of sp³-hybridized carbons (Fsp3) is 0.294. The fourth-order valence-corrected chi connectivity index (χ4v) is 2.88. The minimum atomic E-state index is 0.692. The van der Waals surface area contributed by atoms with Gasteiger partial charge in [0.2, 0.25) is 0 Å². The van der Waals surface area contributed by atoms with E-state index in [0.717, 1.165) is 30.6 Å². The number of para-hydroxylation sites is 1. The van der Waals surface area contributed by atoms with Gasteiger partial charge in [-0.15, -0.1) is 0 Å². The van der Waals surface area contributed by atoms with Gasteiger partial charge in [-0.25, -0.2) is 4.98 Å². The Hall–Kier alpha value is -2.34. The molecule has 100 valence electrons. The van der Waals surface area contributed by atoms with Crippen molar-refractivity contribution in [1.82, 2.24) is 4.98 Å². The molecule has 3 heteroatoms. The Morgan fingerprint density at radius 3 is 2.50 bits per heavy atom. The van der Waals surface area contributed by atoms with Crippen LogP contribution in [0.2, 0.25) is 0 Å². The Morgan fingerprint density at radius 1 is 1.10 bits per heavy atom. The number of fused-ring (bicyclic) bond motifs is 1. The Balaban J connectivity index is 2.07. The van der Waals surface area contributed by atoms with E-state index >= 15 is 0 Å². The quantitative estimate of drug-likeness (QED) is 0.894. The zero-order valence-corrected chi connectivity index (χ0v) is 11.6. The molecule has 3 nitrogen and oxygen atoms in total. The monoisotopic (exact) mass is 263 g/mol. The lowest BCUT2D eigenvalue weighted by Gasteiger charge is -2.21. The third kappa shape index (κ3) is 2.25. The van der Waals surface area contributed by atoms with Gasteiger partial charge in [-0.3, -0.25) is 0 Å². The van der Waals surface area contributed by atoms with Crippen LogP contribution in [0.3, 0.4) is 0 Å². The first-order valence-corrected chi connectivity index (χ1v) is 7.04. The summed E-state index contributed by atoms with van der Waals surface area (Å²) >= 11 is 0. The van der Waals surface area contributed by atoms with Gasteiger partial charge in [0, 0.05) is 11.4 Å². The molecule has 0 spiro atoms. The molecule has 1 aliphatic carbocycles. The first-order valence-electron chi connectivity index (χ1n) is 7.04. The number of nitrogens with zero attached hydrogens (tertiary/aromatic N) is 2. The molecule has 1 aliphatic rings. The highest BCUT2D eigenvalue weighted by Gasteiger charge is 2.20. The summed E-state index contributed by atoms with van der Waals surface area (Å²) in [7, 11) is 0. The average Bonchev–Trinajstić information content (AvgIpc) is 2.49. The number of aryl methyl sites for hydroxylation is 1. The number of nitriles is 1. The van der Waals surface area contributed by atoms with E-state index in [4.69, 9.17) is 0 Å². The summed E-state index contributed by atoms with van der Waals surface area (Å²) in [5, 5.41) is 12.8. The molecule has 3 rings (SSSR count). The molecule has 0 saturated heterocycles. The van der Waals surface area contributed by atoms with Gasteiger partial charge in [0.05, 0.1) is 5.56 Å². The fourth-order valence-electron chi connectivity index (χ4n) is 2.88. The highest BCUT2D eigenvalue weighted by Crippen LogP contribution is 2.31. The third-order valence-electron chi connectivity index (χ3n) is 3.87. The first kappa shape index (κ1) is 12.7. The molecule has 20 heavy (non-hydrogen) atoms. The van der Waals surface area contributed by atoms with E-state index in [1.54, 1.807) is 0 Å². The molecule has 0 fully saturated rings. The molecule has 0 aliphatic heterocycles. The SMILES string of the molecule is Cc1nc(Nc2ccccc2)c(C#N)c2c1CCCC2. The van der Waals surface area contributed by atoms with Crippen LogP contribution in [0.15, 0.2) is 30.3 Å². The van der Waals surface area contributed by atoms with E-state index in [2.05, 4.69) is 16.4 Å². The minimum Gasteiger partial charge on any atom is -0.339 e. The summed E-state index contributed by atoms with van der Waals surface area (Å²) in [5.74, 6) is 0.692. The van der Waals surface area contributed by atoms with Gasteiger partial charge in [-0.05, 0) is 55.9 Å². The standard InChI is InChI=1S/C17H17N3/c1-12-14-9-5-6-10-15(14)16(11-18)17(19-12)20-13-7-3-2-4-8-13/h2-4,7-8H,5-6,9-10H2,1H3,(H,19,20). The van der Waals surface area contributed by atoms with Crippen LogP contribution in [-0.4, -0.2) is 4.98 Å². The number of pyridine rings is 1. The van der Waals surface area contributed by atoms with Gasteiger partial charge in [0.1, 0.15) is 11.9 Å². The van der Waals surface area contributed by atoms with E-state index in [1.165, 1.54) is 17.5 Å². The van der Waals surface area contributed by atoms with Crippen molar-refractivity contribution in [3.63, 3.8) is 0 Å². The van der Waals surface area contributed by atoms with Crippen LogP contribution >= 0.6 is 0 Å². The predicted molar refractivity (Wildman–Crippen MR) is 80.1 cm³/mol. The van der Waals surface area contributed by atoms with Gasteiger partial charge >= 0.3 is 0 Å². The maximum absolute atomic E-state index is 9.51. The van der Waals surface area contributed by atoms with Crippen LogP contribution < -0.4 is 5.32 Å². The highest BCUT2D eigenvalue weighted by atomic mass is 15.0. The zero-order valence-electron chi connectivity index (χ0n) is 11.6. The Morgan fingerprint density at radius 2 is 1.80 bits per heavy atom. The Labute approximate surface area is 119 Å². The number of rotatable bonds is 2. The second-order valence-corrected chi connectivity index (χ2v) is 5.19. The summed E-state index contributed by atoms with van der Waals surface area (Å²) in [6.45, 7) is 2.04. The largest absolute Gasteiger partial charge is 0.339 e. The minimum absolute atomic E-state index is 0.692. The Kier molecular flexibility index (Phi) is 3.39. The lowest BCUT2D eigenvalue weighted by Crippen LogP contribution is -2.12. The maximum Gasteiger partial charge on any atom is 0.148 e. The summed E-state index contributed by atoms with van der Waals surface area (Å²) in [5.41, 5.74) is 5.22. The van der Waals surface area contributed by atoms with Crippen LogP contribution in [0.4, 0.5) is 11.5 Å². The average molecular weight is 263 g/mol. The van der Waals surface area contributed by atoms with Crippen molar-refractivity contribution in [2.45, 2.75) is 32.6 Å². The first-order chi connectivity index (χ1) is 9.79. The molecular formula is C17H17N3. The number of benzene rings is 1. The van der Waals surface area contributed by atoms with Crippen molar-refractivity contribution in [3.8, 4) is 6.07 Å². The van der Waals surface area contributed by atoms with E-state index in [0.29, 0.717) is 11.4 Å². The number of hydrogen-bond donors (Lipinski definition) is 1. The van der Waals surface area contributed by atoms with E-state index < -0.39 is 0 Å². The van der Waals surface area contributed by atoms with Crippen molar-refractivity contribution in [3.05, 3.63) is 52.7 Å². The van der Waals surface area contributed by atoms with E-state index in [1.807, 2.05) is 37.3 Å². The number of aromatic nitrogens is 1. The van der Waals surface area contributed by atoms with Crippen LogP contribution in [0.1, 0.15) is 35.2 Å².